The van der Waals surface area contributed by atoms with Gasteiger partial charge in [-0.2, -0.15) is 0 Å². The van der Waals surface area contributed by atoms with E-state index in [0.717, 1.165) is 38.9 Å². The molecule has 2 heterocycles. The lowest BCUT2D eigenvalue weighted by Gasteiger charge is -1.96. The fourth-order valence-electron chi connectivity index (χ4n) is 1.89. The van der Waals surface area contributed by atoms with E-state index < -0.39 is 0 Å². The van der Waals surface area contributed by atoms with Crippen molar-refractivity contribution in [2.24, 2.45) is 0 Å². The Morgan fingerprint density at radius 1 is 1.18 bits per heavy atom. The van der Waals surface area contributed by atoms with E-state index in [1.165, 1.54) is 5.56 Å². The van der Waals surface area contributed by atoms with Crippen molar-refractivity contribution >= 4 is 39.6 Å². The molecule has 0 fully saturated rings. The number of nitrogens with zero attached hydrogens (tertiary/aromatic N) is 3. The number of thioether (sulfide) groups is 1. The molecular weight excluding hydrogens is 332 g/mol. The van der Waals surface area contributed by atoms with Gasteiger partial charge in [0.05, 0.1) is 10.7 Å². The second-order valence-electron chi connectivity index (χ2n) is 4.59. The normalized spacial score (nSPS) is 10.8. The summed E-state index contributed by atoms with van der Waals surface area (Å²) in [6.07, 6.45) is 0.902. The Balaban J connectivity index is 1.55. The second-order valence-corrected chi connectivity index (χ2v) is 7.73. The largest absolute Gasteiger partial charge is 0.360 e. The maximum Gasteiger partial charge on any atom is 0.206 e. The van der Waals surface area contributed by atoms with Gasteiger partial charge < -0.3 is 5.32 Å². The number of aromatic nitrogens is 3. The first-order valence-corrected chi connectivity index (χ1v) is 9.69. The van der Waals surface area contributed by atoms with E-state index in [2.05, 4.69) is 52.1 Å². The van der Waals surface area contributed by atoms with Crippen molar-refractivity contribution < 1.29 is 0 Å². The highest BCUT2D eigenvalue weighted by atomic mass is 32.2. The van der Waals surface area contributed by atoms with Crippen LogP contribution in [0, 0.1) is 0 Å². The van der Waals surface area contributed by atoms with Crippen LogP contribution in [0.5, 0.6) is 0 Å². The second kappa shape index (κ2) is 7.71. The molecular formula is C15H16N4S3. The van der Waals surface area contributed by atoms with Crippen LogP contribution >= 0.6 is 34.4 Å². The Morgan fingerprint density at radius 3 is 2.86 bits per heavy atom. The van der Waals surface area contributed by atoms with Crippen molar-refractivity contribution in [3.05, 3.63) is 52.0 Å². The van der Waals surface area contributed by atoms with E-state index in [9.17, 15) is 0 Å². The van der Waals surface area contributed by atoms with Crippen molar-refractivity contribution in [3.63, 3.8) is 0 Å². The van der Waals surface area contributed by atoms with Crippen LogP contribution in [-0.2, 0) is 12.2 Å². The molecule has 0 aliphatic carbocycles. The molecule has 0 saturated heterocycles. The van der Waals surface area contributed by atoms with Gasteiger partial charge in [-0.3, -0.25) is 0 Å². The summed E-state index contributed by atoms with van der Waals surface area (Å²) in [5.41, 5.74) is 2.41. The molecule has 22 heavy (non-hydrogen) atoms. The quantitative estimate of drug-likeness (QED) is 0.645. The molecule has 3 rings (SSSR count). The summed E-state index contributed by atoms with van der Waals surface area (Å²) in [7, 11) is 0. The summed E-state index contributed by atoms with van der Waals surface area (Å²) in [5.74, 6) is 0.839. The Labute approximate surface area is 142 Å². The zero-order valence-corrected chi connectivity index (χ0v) is 14.6. The van der Waals surface area contributed by atoms with Gasteiger partial charge in [0.25, 0.3) is 0 Å². The molecule has 3 aromatic rings. The van der Waals surface area contributed by atoms with Crippen LogP contribution in [0.3, 0.4) is 0 Å². The topological polar surface area (TPSA) is 50.7 Å². The average Bonchev–Trinajstić information content (AvgIpc) is 3.16. The Hall–Kier alpha value is -1.44. The summed E-state index contributed by atoms with van der Waals surface area (Å²) in [6, 6.07) is 10.4. The molecule has 0 spiro atoms. The van der Waals surface area contributed by atoms with E-state index in [1.54, 1.807) is 34.4 Å². The van der Waals surface area contributed by atoms with E-state index in [-0.39, 0.29) is 0 Å². The molecule has 114 valence electrons. The number of hydrogen-bond donors (Lipinski definition) is 1. The summed E-state index contributed by atoms with van der Waals surface area (Å²) in [4.78, 5) is 4.70. The minimum absolute atomic E-state index is 0.839. The summed E-state index contributed by atoms with van der Waals surface area (Å²) < 4.78 is 0.980. The van der Waals surface area contributed by atoms with Gasteiger partial charge >= 0.3 is 0 Å². The molecule has 0 radical (unpaired) electrons. The highest BCUT2D eigenvalue weighted by molar-refractivity contribution is 8.00. The standard InChI is InChI=1S/C15H16N4S3/c1-2-16-14-18-19-15(22-14)21-10-12-9-20-13(17-12)8-11-6-4-3-5-7-11/h3-7,9H,2,8,10H2,1H3,(H,16,18). The molecule has 0 amide bonds. The molecule has 0 aliphatic rings. The molecule has 1 aromatic carbocycles. The monoisotopic (exact) mass is 348 g/mol. The highest BCUT2D eigenvalue weighted by Crippen LogP contribution is 2.28. The fourth-order valence-corrected chi connectivity index (χ4v) is 4.54. The molecule has 0 aliphatic heterocycles. The van der Waals surface area contributed by atoms with Crippen LogP contribution in [0.1, 0.15) is 23.2 Å². The Bertz CT molecular complexity index is 708. The van der Waals surface area contributed by atoms with Crippen LogP contribution in [0.4, 0.5) is 5.13 Å². The van der Waals surface area contributed by atoms with E-state index in [4.69, 9.17) is 4.98 Å². The molecule has 2 aromatic heterocycles. The molecule has 0 bridgehead atoms. The van der Waals surface area contributed by atoms with E-state index in [0.29, 0.717) is 0 Å². The van der Waals surface area contributed by atoms with E-state index >= 15 is 0 Å². The minimum atomic E-state index is 0.839. The van der Waals surface area contributed by atoms with Crippen LogP contribution in [0.15, 0.2) is 40.1 Å². The van der Waals surface area contributed by atoms with Crippen molar-refractivity contribution in [2.75, 3.05) is 11.9 Å². The highest BCUT2D eigenvalue weighted by Gasteiger charge is 2.07. The van der Waals surface area contributed by atoms with Crippen LogP contribution in [0.25, 0.3) is 0 Å². The van der Waals surface area contributed by atoms with Gasteiger partial charge in [-0.05, 0) is 12.5 Å². The molecule has 4 nitrogen and oxygen atoms in total. The summed E-state index contributed by atoms with van der Waals surface area (Å²) >= 11 is 5.00. The zero-order valence-electron chi connectivity index (χ0n) is 12.2. The zero-order chi connectivity index (χ0) is 15.2. The van der Waals surface area contributed by atoms with Crippen molar-refractivity contribution in [3.8, 4) is 0 Å². The SMILES string of the molecule is CCNc1nnc(SCc2csc(Cc3ccccc3)n2)s1. The number of hydrogen-bond acceptors (Lipinski definition) is 7. The first kappa shape index (κ1) is 15.5. The third-order valence-electron chi connectivity index (χ3n) is 2.88. The van der Waals surface area contributed by atoms with Crippen molar-refractivity contribution in [2.45, 2.75) is 23.4 Å². The molecule has 1 N–H and O–H groups in total. The van der Waals surface area contributed by atoms with Gasteiger partial charge in [0, 0.05) is 24.1 Å². The Kier molecular flexibility index (Phi) is 5.42. The maximum absolute atomic E-state index is 4.70. The molecule has 0 saturated carbocycles. The van der Waals surface area contributed by atoms with Crippen molar-refractivity contribution in [1.29, 1.82) is 0 Å². The van der Waals surface area contributed by atoms with Crippen LogP contribution < -0.4 is 5.32 Å². The smallest absolute Gasteiger partial charge is 0.206 e. The van der Waals surface area contributed by atoms with Crippen LogP contribution in [0.2, 0.25) is 0 Å². The number of nitrogens with one attached hydrogen (secondary N) is 1. The first-order chi connectivity index (χ1) is 10.8. The minimum Gasteiger partial charge on any atom is -0.360 e. The number of rotatable bonds is 7. The molecule has 0 atom stereocenters. The summed E-state index contributed by atoms with van der Waals surface area (Å²) in [5, 5.41) is 15.6. The lowest BCUT2D eigenvalue weighted by molar-refractivity contribution is 1.000. The molecule has 0 unspecified atom stereocenters. The number of anilines is 1. The predicted molar refractivity (Wildman–Crippen MR) is 95.0 cm³/mol. The van der Waals surface area contributed by atoms with Gasteiger partial charge in [0.2, 0.25) is 5.13 Å². The fraction of sp³-hybridized carbons (Fsp3) is 0.267. The van der Waals surface area contributed by atoms with Gasteiger partial charge in [-0.15, -0.1) is 21.5 Å². The number of benzene rings is 1. The average molecular weight is 349 g/mol. The number of thiazole rings is 1. The van der Waals surface area contributed by atoms with Crippen LogP contribution in [-0.4, -0.2) is 21.7 Å². The maximum atomic E-state index is 4.70. The van der Waals surface area contributed by atoms with Gasteiger partial charge in [0.1, 0.15) is 0 Å². The van der Waals surface area contributed by atoms with E-state index in [1.807, 2.05) is 6.07 Å². The third kappa shape index (κ3) is 4.28. The summed E-state index contributed by atoms with van der Waals surface area (Å²) in [6.45, 7) is 2.92. The predicted octanol–water partition coefficient (Wildman–Crippen LogP) is 4.31. The third-order valence-corrected chi connectivity index (χ3v) is 5.82. The first-order valence-electron chi connectivity index (χ1n) is 7.01. The lowest BCUT2D eigenvalue weighted by atomic mass is 10.2. The van der Waals surface area contributed by atoms with Gasteiger partial charge in [-0.25, -0.2) is 4.98 Å². The van der Waals surface area contributed by atoms with Gasteiger partial charge in [-0.1, -0.05) is 53.4 Å². The Morgan fingerprint density at radius 2 is 2.05 bits per heavy atom. The molecule has 7 heteroatoms. The van der Waals surface area contributed by atoms with Crippen molar-refractivity contribution in [1.82, 2.24) is 15.2 Å². The van der Waals surface area contributed by atoms with Gasteiger partial charge in [0.15, 0.2) is 4.34 Å². The lowest BCUT2D eigenvalue weighted by Crippen LogP contribution is -1.94.